The summed E-state index contributed by atoms with van der Waals surface area (Å²) in [5.74, 6) is -0.0256. The molecule has 5 heteroatoms. The largest absolute Gasteiger partial charge is 0.469 e. The van der Waals surface area contributed by atoms with Crippen LogP contribution in [0.4, 0.5) is 0 Å². The van der Waals surface area contributed by atoms with Crippen molar-refractivity contribution >= 4 is 17.5 Å². The number of hydrogen-bond acceptors (Lipinski definition) is 5. The van der Waals surface area contributed by atoms with Crippen molar-refractivity contribution in [3.8, 4) is 6.07 Å². The van der Waals surface area contributed by atoms with Gasteiger partial charge in [0.15, 0.2) is 11.6 Å². The number of Topliss-reactive ketones (excluding diaryl/α,β-unsaturated/α-hetero) is 1. The van der Waals surface area contributed by atoms with Crippen LogP contribution in [0.2, 0.25) is 0 Å². The topological polar surface area (TPSA) is 84.2 Å². The Labute approximate surface area is 236 Å². The first kappa shape index (κ1) is 31.3. The lowest BCUT2D eigenvalue weighted by Gasteiger charge is -2.61. The first-order valence-electron chi connectivity index (χ1n) is 14.7. The normalized spacial score (nSPS) is 36.9. The van der Waals surface area contributed by atoms with Crippen molar-refractivity contribution in [1.29, 1.82) is 5.26 Å². The minimum Gasteiger partial charge on any atom is -0.469 e. The predicted octanol–water partition coefficient (Wildman–Crippen LogP) is 7.80. The Morgan fingerprint density at radius 3 is 2.26 bits per heavy atom. The van der Waals surface area contributed by atoms with E-state index in [4.69, 9.17) is 4.74 Å². The molecular weight excluding hydrogens is 486 g/mol. The van der Waals surface area contributed by atoms with Crippen LogP contribution in [-0.4, -0.2) is 24.6 Å². The van der Waals surface area contributed by atoms with Crippen LogP contribution in [0.3, 0.4) is 0 Å². The van der Waals surface area contributed by atoms with E-state index >= 15 is 0 Å². The number of esters is 1. The van der Waals surface area contributed by atoms with Crippen LogP contribution < -0.4 is 0 Å². The van der Waals surface area contributed by atoms with Gasteiger partial charge in [0.2, 0.25) is 0 Å². The summed E-state index contributed by atoms with van der Waals surface area (Å²) >= 11 is 0. The van der Waals surface area contributed by atoms with E-state index in [0.29, 0.717) is 0 Å². The van der Waals surface area contributed by atoms with E-state index < -0.39 is 16.2 Å². The highest BCUT2D eigenvalue weighted by molar-refractivity contribution is 6.04. The molecule has 0 N–H and O–H groups in total. The molecule has 0 radical (unpaired) electrons. The summed E-state index contributed by atoms with van der Waals surface area (Å²) in [6.07, 6.45) is 9.63. The number of nitrogens with zero attached hydrogens (tertiary/aromatic N) is 1. The first-order valence-corrected chi connectivity index (χ1v) is 14.7. The Hall–Kier alpha value is -2.22. The third-order valence-electron chi connectivity index (χ3n) is 11.8. The van der Waals surface area contributed by atoms with Crippen LogP contribution in [0.1, 0.15) is 114 Å². The Morgan fingerprint density at radius 2 is 1.74 bits per heavy atom. The van der Waals surface area contributed by atoms with E-state index in [1.807, 2.05) is 19.9 Å². The molecule has 0 amide bonds. The second kappa shape index (κ2) is 10.0. The molecule has 216 valence electrons. The van der Waals surface area contributed by atoms with Crippen molar-refractivity contribution < 1.29 is 19.1 Å². The molecular formula is C34H51NO4. The van der Waals surface area contributed by atoms with Crippen LogP contribution in [0.15, 0.2) is 23.3 Å². The Balaban J connectivity index is 2.08. The predicted molar refractivity (Wildman–Crippen MR) is 154 cm³/mol. The van der Waals surface area contributed by atoms with Gasteiger partial charge in [-0.2, -0.15) is 5.26 Å². The molecule has 0 aromatic rings. The smallest absolute Gasteiger partial charge is 0.312 e. The van der Waals surface area contributed by atoms with Crippen LogP contribution in [0.5, 0.6) is 0 Å². The zero-order chi connectivity index (χ0) is 29.8. The molecule has 0 aromatic carbocycles. The summed E-state index contributed by atoms with van der Waals surface area (Å²) in [6.45, 7) is 21.2. The van der Waals surface area contributed by atoms with Crippen molar-refractivity contribution in [3.05, 3.63) is 23.3 Å². The molecule has 0 bridgehead atoms. The minimum atomic E-state index is -0.699. The van der Waals surface area contributed by atoms with Gasteiger partial charge in [-0.05, 0) is 86.0 Å². The molecule has 3 rings (SSSR count). The molecule has 0 spiro atoms. The number of allylic oxidation sites excluding steroid dienone is 4. The fourth-order valence-electron chi connectivity index (χ4n) is 8.84. The molecule has 5 nitrogen and oxygen atoms in total. The molecule has 3 aliphatic rings. The van der Waals surface area contributed by atoms with Gasteiger partial charge in [0.05, 0.1) is 18.1 Å². The van der Waals surface area contributed by atoms with E-state index in [2.05, 4.69) is 54.5 Å². The number of carbonyl (C=O) groups excluding carboxylic acids is 3. The van der Waals surface area contributed by atoms with E-state index in [1.165, 1.54) is 7.11 Å². The number of nitriles is 1. The number of methoxy groups -OCH3 is 1. The maximum absolute atomic E-state index is 13.4. The van der Waals surface area contributed by atoms with E-state index in [0.717, 1.165) is 50.5 Å². The summed E-state index contributed by atoms with van der Waals surface area (Å²) in [5.41, 5.74) is -1.03. The second-order valence-corrected chi connectivity index (χ2v) is 15.4. The Kier molecular flexibility index (Phi) is 8.03. The molecule has 0 aliphatic heterocycles. The number of fused-ring (bicyclic) bond motifs is 1. The monoisotopic (exact) mass is 537 g/mol. The summed E-state index contributed by atoms with van der Waals surface area (Å²) in [7, 11) is 1.50. The third kappa shape index (κ3) is 4.95. The van der Waals surface area contributed by atoms with Gasteiger partial charge in [-0.25, -0.2) is 0 Å². The van der Waals surface area contributed by atoms with Crippen LogP contribution in [0, 0.1) is 55.7 Å². The quantitative estimate of drug-likeness (QED) is 0.255. The first-order chi connectivity index (χ1) is 17.7. The highest BCUT2D eigenvalue weighted by atomic mass is 16.5. The lowest BCUT2D eigenvalue weighted by Crippen LogP contribution is -2.56. The molecule has 3 aliphatic carbocycles. The Morgan fingerprint density at radius 1 is 1.13 bits per heavy atom. The summed E-state index contributed by atoms with van der Waals surface area (Å²) in [6, 6.07) is 2.16. The molecule has 39 heavy (non-hydrogen) atoms. The summed E-state index contributed by atoms with van der Waals surface area (Å²) < 4.78 is 5.42. The number of ether oxygens (including phenoxy) is 1. The molecule has 0 aromatic heterocycles. The molecule has 5 atom stereocenters. The minimum absolute atomic E-state index is 0.00826. The van der Waals surface area contributed by atoms with Crippen LogP contribution in [-0.2, 0) is 19.1 Å². The zero-order valence-corrected chi connectivity index (χ0v) is 26.3. The van der Waals surface area contributed by atoms with E-state index in [-0.39, 0.29) is 51.2 Å². The summed E-state index contributed by atoms with van der Waals surface area (Å²) in [5, 5.41) is 9.88. The van der Waals surface area contributed by atoms with Crippen LogP contribution >= 0.6 is 0 Å². The maximum Gasteiger partial charge on any atom is 0.312 e. The second-order valence-electron chi connectivity index (χ2n) is 15.4. The zero-order valence-electron chi connectivity index (χ0n) is 26.3. The van der Waals surface area contributed by atoms with Gasteiger partial charge >= 0.3 is 5.97 Å². The van der Waals surface area contributed by atoms with Gasteiger partial charge in [-0.1, -0.05) is 74.0 Å². The number of carbonyl (C=O) groups is 3. The van der Waals surface area contributed by atoms with Gasteiger partial charge in [0.25, 0.3) is 0 Å². The van der Waals surface area contributed by atoms with Crippen LogP contribution in [0.25, 0.3) is 0 Å². The average molecular weight is 538 g/mol. The lowest BCUT2D eigenvalue weighted by atomic mass is 9.42. The molecule has 2 saturated carbocycles. The van der Waals surface area contributed by atoms with Gasteiger partial charge in [0, 0.05) is 10.8 Å². The van der Waals surface area contributed by atoms with E-state index in [9.17, 15) is 19.6 Å². The maximum atomic E-state index is 13.4. The summed E-state index contributed by atoms with van der Waals surface area (Å²) in [4.78, 5) is 39.3. The van der Waals surface area contributed by atoms with Gasteiger partial charge in [-0.3, -0.25) is 14.4 Å². The van der Waals surface area contributed by atoms with Gasteiger partial charge in [0.1, 0.15) is 6.07 Å². The molecule has 2 fully saturated rings. The average Bonchev–Trinajstić information content (AvgIpc) is 2.82. The Bertz CT molecular complexity index is 1150. The van der Waals surface area contributed by atoms with Crippen molar-refractivity contribution in [2.45, 2.75) is 114 Å². The van der Waals surface area contributed by atoms with Crippen molar-refractivity contribution in [2.24, 2.45) is 44.3 Å². The number of hydrogen-bond donors (Lipinski definition) is 0. The SMILES string of the molecule is COC(=O)[C@]1(CCC(C)(C)[C@]2(C)CCC3C(C)(C)C(=O)C(C#N)=C[C@]3(C)/C2=C/C(C)=O)CCC(C)(C)CC1C. The van der Waals surface area contributed by atoms with E-state index in [1.54, 1.807) is 13.0 Å². The van der Waals surface area contributed by atoms with Crippen molar-refractivity contribution in [1.82, 2.24) is 0 Å². The number of ketones is 2. The fourth-order valence-corrected chi connectivity index (χ4v) is 8.84. The van der Waals surface area contributed by atoms with Gasteiger partial charge in [-0.15, -0.1) is 0 Å². The highest BCUT2D eigenvalue weighted by Gasteiger charge is 2.61. The number of rotatable bonds is 6. The fraction of sp³-hybridized carbons (Fsp3) is 0.765. The van der Waals surface area contributed by atoms with Crippen molar-refractivity contribution in [3.63, 3.8) is 0 Å². The van der Waals surface area contributed by atoms with Crippen molar-refractivity contribution in [2.75, 3.05) is 7.11 Å². The highest BCUT2D eigenvalue weighted by Crippen LogP contribution is 2.67. The van der Waals surface area contributed by atoms with Gasteiger partial charge < -0.3 is 4.74 Å². The third-order valence-corrected chi connectivity index (χ3v) is 11.8. The molecule has 2 unspecified atom stereocenters. The standard InChI is InChI=1S/C34H51NO4/c1-22-19-29(3,4)14-16-34(22,28(38)39-11)17-15-30(5,6)33(10)13-12-25-31(7,8)27(37)24(21-35)20-32(25,9)26(33)18-23(2)36/h18,20,22,25H,12-17,19H2,1-11H3/b26-18-/t22?,25?,32-,33+,34-/m0/s1. The molecule has 0 saturated heterocycles. The lowest BCUT2D eigenvalue weighted by molar-refractivity contribution is -0.162. The molecule has 0 heterocycles.